The van der Waals surface area contributed by atoms with Gasteiger partial charge >= 0.3 is 0 Å². The molecule has 0 aromatic heterocycles. The van der Waals surface area contributed by atoms with E-state index in [1.165, 1.54) is 11.3 Å². The number of benzene rings is 1. The van der Waals surface area contributed by atoms with Crippen LogP contribution in [0.15, 0.2) is 18.2 Å². The number of methoxy groups -OCH3 is 1. The van der Waals surface area contributed by atoms with Crippen LogP contribution >= 0.6 is 11.6 Å². The van der Waals surface area contributed by atoms with Gasteiger partial charge in [0.2, 0.25) is 0 Å². The van der Waals surface area contributed by atoms with Crippen molar-refractivity contribution in [3.05, 3.63) is 28.8 Å². The number of hydrogen-bond donors (Lipinski definition) is 1. The van der Waals surface area contributed by atoms with Crippen LogP contribution in [0.2, 0.25) is 5.02 Å². The molecule has 0 amide bonds. The Morgan fingerprint density at radius 3 is 2.68 bits per heavy atom. The molecule has 0 spiro atoms. The van der Waals surface area contributed by atoms with Gasteiger partial charge in [-0.25, -0.2) is 0 Å². The van der Waals surface area contributed by atoms with Crippen molar-refractivity contribution < 1.29 is 4.74 Å². The van der Waals surface area contributed by atoms with Crippen LogP contribution in [0.4, 0.5) is 5.69 Å². The van der Waals surface area contributed by atoms with Crippen molar-refractivity contribution in [1.29, 1.82) is 0 Å². The van der Waals surface area contributed by atoms with E-state index in [-0.39, 0.29) is 0 Å². The summed E-state index contributed by atoms with van der Waals surface area (Å²) in [6.45, 7) is 7.68. The highest BCUT2D eigenvalue weighted by Crippen LogP contribution is 2.25. The molecule has 1 aromatic rings. The monoisotopic (exact) mass is 284 g/mol. The highest BCUT2D eigenvalue weighted by atomic mass is 35.5. The number of ether oxygens (including phenoxy) is 1. The summed E-state index contributed by atoms with van der Waals surface area (Å²) in [7, 11) is 1.73. The first-order valence-electron chi connectivity index (χ1n) is 6.80. The Labute approximate surface area is 121 Å². The molecule has 0 aliphatic carbocycles. The molecule has 3 nitrogen and oxygen atoms in total. The molecule has 0 saturated heterocycles. The molecule has 0 aliphatic rings. The number of hydrogen-bond acceptors (Lipinski definition) is 3. The minimum atomic E-state index is 0.596. The van der Waals surface area contributed by atoms with E-state index >= 15 is 0 Å². The smallest absolute Gasteiger partial charge is 0.0637 e. The highest BCUT2D eigenvalue weighted by molar-refractivity contribution is 6.30. The van der Waals surface area contributed by atoms with Gasteiger partial charge in [0.25, 0.3) is 0 Å². The lowest BCUT2D eigenvalue weighted by Gasteiger charge is -2.28. The molecule has 2 N–H and O–H groups in total. The molecule has 0 saturated carbocycles. The first kappa shape index (κ1) is 16.3. The van der Waals surface area contributed by atoms with E-state index in [9.17, 15) is 0 Å². The standard InChI is InChI=1S/C15H25ClN2O/c1-12(2)11-18(8-9-19-3)15-5-4-14(16)10-13(15)6-7-17/h4-5,10,12H,6-9,11,17H2,1-3H3. The molecule has 1 rings (SSSR count). The molecule has 0 aliphatic heterocycles. The Bertz CT molecular complexity index is 382. The Hall–Kier alpha value is -0.770. The summed E-state index contributed by atoms with van der Waals surface area (Å²) in [6, 6.07) is 6.05. The largest absolute Gasteiger partial charge is 0.383 e. The summed E-state index contributed by atoms with van der Waals surface area (Å²) >= 11 is 6.08. The lowest BCUT2D eigenvalue weighted by Crippen LogP contribution is -2.32. The van der Waals surface area contributed by atoms with Gasteiger partial charge in [0.1, 0.15) is 0 Å². The van der Waals surface area contributed by atoms with Crippen molar-refractivity contribution in [2.45, 2.75) is 20.3 Å². The SMILES string of the molecule is COCCN(CC(C)C)c1ccc(Cl)cc1CCN. The van der Waals surface area contributed by atoms with Crippen molar-refractivity contribution in [2.24, 2.45) is 11.7 Å². The molecule has 0 bridgehead atoms. The highest BCUT2D eigenvalue weighted by Gasteiger charge is 2.12. The molecular formula is C15H25ClN2O. The maximum absolute atomic E-state index is 6.08. The average Bonchev–Trinajstić information content (AvgIpc) is 2.35. The van der Waals surface area contributed by atoms with Gasteiger partial charge in [-0.15, -0.1) is 0 Å². The Morgan fingerprint density at radius 1 is 1.37 bits per heavy atom. The lowest BCUT2D eigenvalue weighted by molar-refractivity contribution is 0.204. The van der Waals surface area contributed by atoms with Crippen LogP contribution in [0.25, 0.3) is 0 Å². The van der Waals surface area contributed by atoms with Crippen molar-refractivity contribution in [3.63, 3.8) is 0 Å². The van der Waals surface area contributed by atoms with Crippen LogP contribution in [0, 0.1) is 5.92 Å². The first-order chi connectivity index (χ1) is 9.08. The fraction of sp³-hybridized carbons (Fsp3) is 0.600. The predicted octanol–water partition coefficient (Wildman–Crippen LogP) is 2.95. The number of halogens is 1. The molecule has 0 atom stereocenters. The number of nitrogens with two attached hydrogens (primary N) is 1. The number of nitrogens with zero attached hydrogens (tertiary/aromatic N) is 1. The summed E-state index contributed by atoms with van der Waals surface area (Å²) in [4.78, 5) is 2.36. The zero-order valence-electron chi connectivity index (χ0n) is 12.2. The van der Waals surface area contributed by atoms with E-state index < -0.39 is 0 Å². The van der Waals surface area contributed by atoms with Crippen LogP contribution in [0.1, 0.15) is 19.4 Å². The topological polar surface area (TPSA) is 38.5 Å². The third kappa shape index (κ3) is 5.39. The van der Waals surface area contributed by atoms with E-state index in [0.29, 0.717) is 12.5 Å². The van der Waals surface area contributed by atoms with Gasteiger partial charge in [-0.2, -0.15) is 0 Å². The lowest BCUT2D eigenvalue weighted by atomic mass is 10.1. The molecule has 0 heterocycles. The van der Waals surface area contributed by atoms with Crippen LogP contribution in [-0.2, 0) is 11.2 Å². The van der Waals surface area contributed by atoms with E-state index in [0.717, 1.165) is 31.1 Å². The molecular weight excluding hydrogens is 260 g/mol. The maximum atomic E-state index is 6.08. The second-order valence-corrected chi connectivity index (χ2v) is 5.58. The fourth-order valence-corrected chi connectivity index (χ4v) is 2.37. The van der Waals surface area contributed by atoms with Crippen LogP contribution in [0.3, 0.4) is 0 Å². The molecule has 4 heteroatoms. The molecule has 0 radical (unpaired) electrons. The second kappa shape index (κ2) is 8.41. The fourth-order valence-electron chi connectivity index (χ4n) is 2.17. The van der Waals surface area contributed by atoms with Crippen LogP contribution < -0.4 is 10.6 Å². The third-order valence-electron chi connectivity index (χ3n) is 2.95. The molecule has 19 heavy (non-hydrogen) atoms. The van der Waals surface area contributed by atoms with E-state index in [1.807, 2.05) is 12.1 Å². The van der Waals surface area contributed by atoms with Gasteiger partial charge in [-0.05, 0) is 42.6 Å². The van der Waals surface area contributed by atoms with Crippen molar-refractivity contribution in [3.8, 4) is 0 Å². The average molecular weight is 285 g/mol. The van der Waals surface area contributed by atoms with Crippen LogP contribution in [0.5, 0.6) is 0 Å². The summed E-state index contributed by atoms with van der Waals surface area (Å²) in [5.74, 6) is 0.596. The Morgan fingerprint density at radius 2 is 2.11 bits per heavy atom. The van der Waals surface area contributed by atoms with E-state index in [4.69, 9.17) is 22.1 Å². The maximum Gasteiger partial charge on any atom is 0.0637 e. The van der Waals surface area contributed by atoms with E-state index in [2.05, 4.69) is 24.8 Å². The van der Waals surface area contributed by atoms with Crippen molar-refractivity contribution in [1.82, 2.24) is 0 Å². The Balaban J connectivity index is 2.98. The second-order valence-electron chi connectivity index (χ2n) is 5.14. The minimum absolute atomic E-state index is 0.596. The Kier molecular flexibility index (Phi) is 7.21. The normalized spacial score (nSPS) is 11.1. The summed E-state index contributed by atoms with van der Waals surface area (Å²) in [5.41, 5.74) is 8.13. The third-order valence-corrected chi connectivity index (χ3v) is 3.18. The van der Waals surface area contributed by atoms with Crippen LogP contribution in [-0.4, -0.2) is 33.4 Å². The molecule has 0 unspecified atom stereocenters. The van der Waals surface area contributed by atoms with Gasteiger partial charge in [0.15, 0.2) is 0 Å². The van der Waals surface area contributed by atoms with Crippen molar-refractivity contribution >= 4 is 17.3 Å². The zero-order valence-corrected chi connectivity index (χ0v) is 12.9. The number of anilines is 1. The number of rotatable bonds is 8. The van der Waals surface area contributed by atoms with Crippen molar-refractivity contribution in [2.75, 3.05) is 38.3 Å². The summed E-state index contributed by atoms with van der Waals surface area (Å²) < 4.78 is 5.21. The van der Waals surface area contributed by atoms with E-state index in [1.54, 1.807) is 7.11 Å². The predicted molar refractivity (Wildman–Crippen MR) is 83.1 cm³/mol. The molecule has 108 valence electrons. The van der Waals surface area contributed by atoms with Gasteiger partial charge < -0.3 is 15.4 Å². The van der Waals surface area contributed by atoms with Gasteiger partial charge in [0.05, 0.1) is 6.61 Å². The summed E-state index contributed by atoms with van der Waals surface area (Å²) in [6.07, 6.45) is 0.845. The molecule has 0 fully saturated rings. The first-order valence-corrected chi connectivity index (χ1v) is 7.18. The minimum Gasteiger partial charge on any atom is -0.383 e. The zero-order chi connectivity index (χ0) is 14.3. The van der Waals surface area contributed by atoms with Gasteiger partial charge in [0, 0.05) is 30.9 Å². The summed E-state index contributed by atoms with van der Waals surface area (Å²) in [5, 5.41) is 0.767. The molecule has 1 aromatic carbocycles. The van der Waals surface area contributed by atoms with Gasteiger partial charge in [-0.1, -0.05) is 25.4 Å². The quantitative estimate of drug-likeness (QED) is 0.798. The van der Waals surface area contributed by atoms with Gasteiger partial charge in [-0.3, -0.25) is 0 Å².